The number of aliphatic hydroxyl groups is 1. The van der Waals surface area contributed by atoms with Crippen LogP contribution in [0.4, 0.5) is 0 Å². The van der Waals surface area contributed by atoms with Crippen molar-refractivity contribution >= 4 is 11.9 Å². The van der Waals surface area contributed by atoms with Crippen LogP contribution in [-0.2, 0) is 25.7 Å². The van der Waals surface area contributed by atoms with Crippen molar-refractivity contribution in [2.45, 2.75) is 32.6 Å². The summed E-state index contributed by atoms with van der Waals surface area (Å²) in [6.45, 7) is 3.30. The van der Waals surface area contributed by atoms with Gasteiger partial charge in [0.15, 0.2) is 6.10 Å². The topological polar surface area (TPSA) is 98.8 Å². The average Bonchev–Trinajstić information content (AvgIpc) is 2.46. The van der Waals surface area contributed by atoms with Crippen molar-refractivity contribution in [3.05, 3.63) is 35.9 Å². The molecule has 0 aliphatic heterocycles. The lowest BCUT2D eigenvalue weighted by molar-refractivity contribution is -0.167. The van der Waals surface area contributed by atoms with Crippen LogP contribution in [0.2, 0.25) is 0 Å². The number of esters is 2. The van der Waals surface area contributed by atoms with E-state index >= 15 is 0 Å². The van der Waals surface area contributed by atoms with Crippen LogP contribution in [0, 0.1) is 5.92 Å². The molecule has 0 bridgehead atoms. The van der Waals surface area contributed by atoms with Crippen LogP contribution in [0.15, 0.2) is 30.3 Å². The van der Waals surface area contributed by atoms with Gasteiger partial charge < -0.3 is 20.3 Å². The van der Waals surface area contributed by atoms with Crippen LogP contribution < -0.4 is 5.73 Å². The molecule has 1 aromatic carbocycles. The number of nitrogens with two attached hydrogens (primary N) is 1. The van der Waals surface area contributed by atoms with E-state index in [4.69, 9.17) is 15.2 Å². The number of hydrogen-bond acceptors (Lipinski definition) is 6. The number of benzene rings is 1. The van der Waals surface area contributed by atoms with Crippen LogP contribution in [0.5, 0.6) is 0 Å². The van der Waals surface area contributed by atoms with Crippen LogP contribution in [-0.4, -0.2) is 35.8 Å². The summed E-state index contributed by atoms with van der Waals surface area (Å²) in [5.74, 6) is -2.77. The van der Waals surface area contributed by atoms with E-state index < -0.39 is 30.0 Å². The Morgan fingerprint density at radius 1 is 1.19 bits per heavy atom. The fourth-order valence-corrected chi connectivity index (χ4v) is 1.83. The molecule has 1 rings (SSSR count). The number of aliphatic hydroxyl groups excluding tert-OH is 1. The molecule has 116 valence electrons. The molecule has 0 saturated carbocycles. The summed E-state index contributed by atoms with van der Waals surface area (Å²) in [5.41, 5.74) is 6.48. The van der Waals surface area contributed by atoms with Crippen LogP contribution >= 0.6 is 0 Å². The Morgan fingerprint density at radius 3 is 2.33 bits per heavy atom. The Kier molecular flexibility index (Phi) is 6.84. The van der Waals surface area contributed by atoms with E-state index in [1.807, 2.05) is 18.2 Å². The SMILES string of the molecule is CCOC(=O)C(O)[C@@H](C(=O)OCc1ccccc1)C(C)N. The first kappa shape index (κ1) is 17.1. The minimum atomic E-state index is -1.63. The second-order valence-electron chi connectivity index (χ2n) is 4.68. The predicted molar refractivity (Wildman–Crippen MR) is 76.0 cm³/mol. The zero-order valence-electron chi connectivity index (χ0n) is 12.2. The molecule has 0 saturated heterocycles. The van der Waals surface area contributed by atoms with E-state index in [0.717, 1.165) is 5.56 Å². The molecule has 0 spiro atoms. The predicted octanol–water partition coefficient (Wildman–Crippen LogP) is 0.617. The number of carbonyl (C=O) groups is 2. The minimum Gasteiger partial charge on any atom is -0.464 e. The Labute approximate surface area is 123 Å². The zero-order valence-corrected chi connectivity index (χ0v) is 12.2. The molecule has 3 N–H and O–H groups in total. The highest BCUT2D eigenvalue weighted by Crippen LogP contribution is 2.14. The second kappa shape index (κ2) is 8.39. The highest BCUT2D eigenvalue weighted by molar-refractivity contribution is 5.84. The van der Waals surface area contributed by atoms with Crippen molar-refractivity contribution in [1.82, 2.24) is 0 Å². The molecule has 0 radical (unpaired) electrons. The van der Waals surface area contributed by atoms with E-state index in [2.05, 4.69) is 0 Å². The van der Waals surface area contributed by atoms with Gasteiger partial charge in [0.1, 0.15) is 12.5 Å². The Bertz CT molecular complexity index is 460. The highest BCUT2D eigenvalue weighted by atomic mass is 16.6. The third-order valence-corrected chi connectivity index (χ3v) is 2.93. The summed E-state index contributed by atoms with van der Waals surface area (Å²) < 4.78 is 9.81. The normalized spacial score (nSPS) is 14.9. The molecule has 1 aromatic rings. The Balaban J connectivity index is 2.67. The summed E-state index contributed by atoms with van der Waals surface area (Å²) in [6, 6.07) is 8.35. The van der Waals surface area contributed by atoms with Crippen molar-refractivity contribution in [3.8, 4) is 0 Å². The molecule has 0 heterocycles. The molecule has 0 aliphatic rings. The molecule has 0 aliphatic carbocycles. The summed E-state index contributed by atoms with van der Waals surface area (Å²) in [5, 5.41) is 9.89. The lowest BCUT2D eigenvalue weighted by Crippen LogP contribution is -2.46. The molecule has 21 heavy (non-hydrogen) atoms. The van der Waals surface area contributed by atoms with Gasteiger partial charge in [0.25, 0.3) is 0 Å². The lowest BCUT2D eigenvalue weighted by Gasteiger charge is -2.23. The quantitative estimate of drug-likeness (QED) is 0.715. The summed E-state index contributed by atoms with van der Waals surface area (Å²) in [4.78, 5) is 23.6. The van der Waals surface area contributed by atoms with Gasteiger partial charge in [-0.15, -0.1) is 0 Å². The summed E-state index contributed by atoms with van der Waals surface area (Å²) in [6.07, 6.45) is -1.63. The number of carbonyl (C=O) groups excluding carboxylic acids is 2. The van der Waals surface area contributed by atoms with E-state index in [0.29, 0.717) is 0 Å². The molecule has 3 atom stereocenters. The van der Waals surface area contributed by atoms with Crippen molar-refractivity contribution in [2.75, 3.05) is 6.61 Å². The van der Waals surface area contributed by atoms with Gasteiger partial charge in [0, 0.05) is 6.04 Å². The van der Waals surface area contributed by atoms with Crippen LogP contribution in [0.1, 0.15) is 19.4 Å². The molecule has 6 heteroatoms. The smallest absolute Gasteiger partial charge is 0.335 e. The fourth-order valence-electron chi connectivity index (χ4n) is 1.83. The Hall–Kier alpha value is -1.92. The third-order valence-electron chi connectivity index (χ3n) is 2.93. The largest absolute Gasteiger partial charge is 0.464 e. The molecular formula is C15H21NO5. The molecule has 0 fully saturated rings. The first-order valence-corrected chi connectivity index (χ1v) is 6.78. The number of hydrogen-bond donors (Lipinski definition) is 2. The van der Waals surface area contributed by atoms with Crippen molar-refractivity contribution in [3.63, 3.8) is 0 Å². The fraction of sp³-hybridized carbons (Fsp3) is 0.467. The second-order valence-corrected chi connectivity index (χ2v) is 4.68. The van der Waals surface area contributed by atoms with Crippen LogP contribution in [0.3, 0.4) is 0 Å². The first-order valence-electron chi connectivity index (χ1n) is 6.78. The third kappa shape index (κ3) is 5.17. The van der Waals surface area contributed by atoms with E-state index in [-0.39, 0.29) is 13.2 Å². The van der Waals surface area contributed by atoms with Gasteiger partial charge in [0.2, 0.25) is 0 Å². The van der Waals surface area contributed by atoms with Gasteiger partial charge in [-0.2, -0.15) is 0 Å². The number of rotatable bonds is 7. The summed E-state index contributed by atoms with van der Waals surface area (Å²) >= 11 is 0. The maximum absolute atomic E-state index is 12.0. The molecule has 2 unspecified atom stereocenters. The molecular weight excluding hydrogens is 274 g/mol. The van der Waals surface area contributed by atoms with Gasteiger partial charge in [-0.25, -0.2) is 4.79 Å². The molecule has 6 nitrogen and oxygen atoms in total. The van der Waals surface area contributed by atoms with E-state index in [1.165, 1.54) is 6.92 Å². The monoisotopic (exact) mass is 295 g/mol. The summed E-state index contributed by atoms with van der Waals surface area (Å²) in [7, 11) is 0. The van der Waals surface area contributed by atoms with Crippen LogP contribution in [0.25, 0.3) is 0 Å². The molecule has 0 amide bonds. The average molecular weight is 295 g/mol. The van der Waals surface area contributed by atoms with Gasteiger partial charge in [-0.05, 0) is 19.4 Å². The van der Waals surface area contributed by atoms with E-state index in [1.54, 1.807) is 19.1 Å². The number of ether oxygens (including phenoxy) is 2. The Morgan fingerprint density at radius 2 is 1.81 bits per heavy atom. The van der Waals surface area contributed by atoms with Crippen molar-refractivity contribution in [2.24, 2.45) is 11.7 Å². The maximum Gasteiger partial charge on any atom is 0.335 e. The molecule has 0 aromatic heterocycles. The van der Waals surface area contributed by atoms with Gasteiger partial charge in [-0.1, -0.05) is 30.3 Å². The highest BCUT2D eigenvalue weighted by Gasteiger charge is 2.37. The standard InChI is InChI=1S/C15H21NO5/c1-3-20-15(19)13(17)12(10(2)16)14(18)21-9-11-7-5-4-6-8-11/h4-8,10,12-13,17H,3,9,16H2,1-2H3/t10?,12-,13?/m0/s1. The van der Waals surface area contributed by atoms with Gasteiger partial charge >= 0.3 is 11.9 Å². The maximum atomic E-state index is 12.0. The van der Waals surface area contributed by atoms with E-state index in [9.17, 15) is 14.7 Å². The van der Waals surface area contributed by atoms with Gasteiger partial charge in [0.05, 0.1) is 6.61 Å². The van der Waals surface area contributed by atoms with Crippen molar-refractivity contribution < 1.29 is 24.2 Å². The zero-order chi connectivity index (χ0) is 15.8. The van der Waals surface area contributed by atoms with Gasteiger partial charge in [-0.3, -0.25) is 4.79 Å². The minimum absolute atomic E-state index is 0.0540. The first-order chi connectivity index (χ1) is 9.97. The van der Waals surface area contributed by atoms with Crippen molar-refractivity contribution in [1.29, 1.82) is 0 Å². The lowest BCUT2D eigenvalue weighted by atomic mass is 9.95.